The summed E-state index contributed by atoms with van der Waals surface area (Å²) in [6.07, 6.45) is 0.700. The quantitative estimate of drug-likeness (QED) is 0.743. The van der Waals surface area contributed by atoms with Gasteiger partial charge in [0.05, 0.1) is 17.8 Å². The van der Waals surface area contributed by atoms with Crippen molar-refractivity contribution in [1.29, 1.82) is 0 Å². The van der Waals surface area contributed by atoms with Crippen LogP contribution in [0, 0.1) is 0 Å². The van der Waals surface area contributed by atoms with E-state index in [9.17, 15) is 9.59 Å². The van der Waals surface area contributed by atoms with Gasteiger partial charge < -0.3 is 24.4 Å². The van der Waals surface area contributed by atoms with Crippen molar-refractivity contribution in [3.05, 3.63) is 47.0 Å². The van der Waals surface area contributed by atoms with Crippen LogP contribution >= 0.6 is 11.6 Å². The van der Waals surface area contributed by atoms with Crippen molar-refractivity contribution in [2.24, 2.45) is 0 Å². The second-order valence-corrected chi connectivity index (χ2v) is 6.86. The SMILES string of the molecule is CCCN(CC(=O)Nc1ccccc1OC)C(=O)c1cc(Cl)c2c(c1)OCCO2. The Hall–Kier alpha value is -2.93. The first-order valence-corrected chi connectivity index (χ1v) is 9.72. The van der Waals surface area contributed by atoms with Crippen LogP contribution in [-0.2, 0) is 4.79 Å². The summed E-state index contributed by atoms with van der Waals surface area (Å²) in [5.74, 6) is 0.793. The Morgan fingerprint density at radius 1 is 1.21 bits per heavy atom. The molecule has 0 unspecified atom stereocenters. The van der Waals surface area contributed by atoms with Crippen molar-refractivity contribution in [3.63, 3.8) is 0 Å². The Balaban J connectivity index is 1.76. The highest BCUT2D eigenvalue weighted by molar-refractivity contribution is 6.32. The van der Waals surface area contributed by atoms with Gasteiger partial charge >= 0.3 is 0 Å². The van der Waals surface area contributed by atoms with Gasteiger partial charge in [-0.2, -0.15) is 0 Å². The molecule has 29 heavy (non-hydrogen) atoms. The number of hydrogen-bond acceptors (Lipinski definition) is 5. The Morgan fingerprint density at radius 3 is 2.72 bits per heavy atom. The van der Waals surface area contributed by atoms with Gasteiger partial charge in [-0.05, 0) is 30.7 Å². The van der Waals surface area contributed by atoms with E-state index in [1.54, 1.807) is 24.3 Å². The molecule has 7 nitrogen and oxygen atoms in total. The lowest BCUT2D eigenvalue weighted by Crippen LogP contribution is -2.38. The third kappa shape index (κ3) is 4.92. The molecule has 0 bridgehead atoms. The number of fused-ring (bicyclic) bond motifs is 1. The van der Waals surface area contributed by atoms with Crippen LogP contribution in [0.5, 0.6) is 17.2 Å². The monoisotopic (exact) mass is 418 g/mol. The number of anilines is 1. The Bertz CT molecular complexity index is 903. The maximum Gasteiger partial charge on any atom is 0.254 e. The van der Waals surface area contributed by atoms with Crippen LogP contribution in [0.15, 0.2) is 36.4 Å². The van der Waals surface area contributed by atoms with Gasteiger partial charge in [-0.3, -0.25) is 9.59 Å². The fraction of sp³-hybridized carbons (Fsp3) is 0.333. The zero-order valence-corrected chi connectivity index (χ0v) is 17.1. The molecule has 0 saturated heterocycles. The Kier molecular flexibility index (Phi) is 6.82. The second-order valence-electron chi connectivity index (χ2n) is 6.46. The van der Waals surface area contributed by atoms with E-state index in [1.165, 1.54) is 18.1 Å². The Morgan fingerprint density at radius 2 is 1.97 bits per heavy atom. The predicted octanol–water partition coefficient (Wildman–Crippen LogP) is 3.61. The summed E-state index contributed by atoms with van der Waals surface area (Å²) in [7, 11) is 1.53. The van der Waals surface area contributed by atoms with E-state index in [4.69, 9.17) is 25.8 Å². The van der Waals surface area contributed by atoms with Gasteiger partial charge in [0.15, 0.2) is 11.5 Å². The zero-order valence-electron chi connectivity index (χ0n) is 16.4. The average molecular weight is 419 g/mol. The fourth-order valence-corrected chi connectivity index (χ4v) is 3.32. The molecule has 0 aliphatic carbocycles. The lowest BCUT2D eigenvalue weighted by Gasteiger charge is -2.24. The largest absolute Gasteiger partial charge is 0.495 e. The van der Waals surface area contributed by atoms with Crippen molar-refractivity contribution >= 4 is 29.1 Å². The first-order chi connectivity index (χ1) is 14.0. The average Bonchev–Trinajstić information content (AvgIpc) is 2.73. The van der Waals surface area contributed by atoms with E-state index >= 15 is 0 Å². The molecule has 0 saturated carbocycles. The summed E-state index contributed by atoms with van der Waals surface area (Å²) in [5, 5.41) is 3.10. The van der Waals surface area contributed by atoms with Crippen molar-refractivity contribution in [3.8, 4) is 17.2 Å². The number of rotatable bonds is 7. The minimum atomic E-state index is -0.319. The van der Waals surface area contributed by atoms with E-state index in [0.29, 0.717) is 59.7 Å². The number of amides is 2. The van der Waals surface area contributed by atoms with Gasteiger partial charge in [0.1, 0.15) is 25.5 Å². The molecule has 3 rings (SSSR count). The van der Waals surface area contributed by atoms with Gasteiger partial charge in [-0.25, -0.2) is 0 Å². The van der Waals surface area contributed by atoms with Gasteiger partial charge in [-0.1, -0.05) is 30.7 Å². The van der Waals surface area contributed by atoms with E-state index in [-0.39, 0.29) is 18.4 Å². The van der Waals surface area contributed by atoms with Crippen LogP contribution in [0.25, 0.3) is 0 Å². The lowest BCUT2D eigenvalue weighted by atomic mass is 10.1. The summed E-state index contributed by atoms with van der Waals surface area (Å²) < 4.78 is 16.3. The van der Waals surface area contributed by atoms with Crippen molar-refractivity contribution in [2.75, 3.05) is 38.7 Å². The first-order valence-electron chi connectivity index (χ1n) is 9.34. The molecule has 2 amide bonds. The smallest absolute Gasteiger partial charge is 0.254 e. The summed E-state index contributed by atoms with van der Waals surface area (Å²) in [4.78, 5) is 27.1. The molecule has 154 valence electrons. The number of hydrogen-bond donors (Lipinski definition) is 1. The number of benzene rings is 2. The number of halogens is 1. The molecular weight excluding hydrogens is 396 g/mol. The molecule has 1 aliphatic rings. The molecule has 0 spiro atoms. The normalized spacial score (nSPS) is 12.2. The molecule has 1 heterocycles. The minimum Gasteiger partial charge on any atom is -0.495 e. The highest BCUT2D eigenvalue weighted by atomic mass is 35.5. The Labute approximate surface area is 174 Å². The van der Waals surface area contributed by atoms with Crippen LogP contribution in [0.4, 0.5) is 5.69 Å². The number of carbonyl (C=O) groups excluding carboxylic acids is 2. The summed E-state index contributed by atoms with van der Waals surface area (Å²) in [6.45, 7) is 3.06. The molecule has 0 radical (unpaired) electrons. The third-order valence-electron chi connectivity index (χ3n) is 4.34. The minimum absolute atomic E-state index is 0.100. The van der Waals surface area contributed by atoms with E-state index in [0.717, 1.165) is 0 Å². The molecule has 0 fully saturated rings. The first kappa shape index (κ1) is 20.8. The van der Waals surface area contributed by atoms with Crippen LogP contribution in [-0.4, -0.2) is 50.1 Å². The lowest BCUT2D eigenvalue weighted by molar-refractivity contribution is -0.116. The van der Waals surface area contributed by atoms with Crippen LogP contribution in [0.3, 0.4) is 0 Å². The second kappa shape index (κ2) is 9.52. The highest BCUT2D eigenvalue weighted by Gasteiger charge is 2.23. The fourth-order valence-electron chi connectivity index (χ4n) is 3.05. The molecule has 8 heteroatoms. The summed E-state index contributed by atoms with van der Waals surface area (Å²) >= 11 is 6.25. The van der Waals surface area contributed by atoms with Gasteiger partial charge in [0, 0.05) is 12.1 Å². The van der Waals surface area contributed by atoms with Crippen LogP contribution in [0.2, 0.25) is 5.02 Å². The van der Waals surface area contributed by atoms with Crippen LogP contribution in [0.1, 0.15) is 23.7 Å². The standard InChI is InChI=1S/C21H23ClN2O5/c1-3-8-24(13-19(25)23-16-6-4-5-7-17(16)27-2)21(26)14-11-15(22)20-18(12-14)28-9-10-29-20/h4-7,11-12H,3,8-10,13H2,1-2H3,(H,23,25). The number of nitrogens with one attached hydrogen (secondary N) is 1. The van der Waals surface area contributed by atoms with Gasteiger partial charge in [-0.15, -0.1) is 0 Å². The zero-order chi connectivity index (χ0) is 20.8. The van der Waals surface area contributed by atoms with E-state index < -0.39 is 0 Å². The summed E-state index contributed by atoms with van der Waals surface area (Å²) in [6, 6.07) is 10.2. The molecule has 2 aromatic rings. The number of methoxy groups -OCH3 is 1. The third-order valence-corrected chi connectivity index (χ3v) is 4.62. The number of ether oxygens (including phenoxy) is 3. The maximum atomic E-state index is 13.1. The molecule has 1 aliphatic heterocycles. The van der Waals surface area contributed by atoms with Crippen molar-refractivity contribution in [1.82, 2.24) is 4.90 Å². The van der Waals surface area contributed by atoms with E-state index in [2.05, 4.69) is 5.32 Å². The van der Waals surface area contributed by atoms with Gasteiger partial charge in [0.25, 0.3) is 5.91 Å². The summed E-state index contributed by atoms with van der Waals surface area (Å²) in [5.41, 5.74) is 0.893. The van der Waals surface area contributed by atoms with Crippen molar-refractivity contribution in [2.45, 2.75) is 13.3 Å². The van der Waals surface area contributed by atoms with Crippen molar-refractivity contribution < 1.29 is 23.8 Å². The number of nitrogens with zero attached hydrogens (tertiary/aromatic N) is 1. The highest BCUT2D eigenvalue weighted by Crippen LogP contribution is 2.38. The maximum absolute atomic E-state index is 13.1. The number of para-hydroxylation sites is 2. The molecule has 0 aromatic heterocycles. The molecule has 2 aromatic carbocycles. The van der Waals surface area contributed by atoms with Crippen LogP contribution < -0.4 is 19.5 Å². The molecular formula is C21H23ClN2O5. The molecule has 1 N–H and O–H groups in total. The topological polar surface area (TPSA) is 77.1 Å². The predicted molar refractivity (Wildman–Crippen MR) is 110 cm³/mol. The van der Waals surface area contributed by atoms with E-state index in [1.807, 2.05) is 13.0 Å². The number of carbonyl (C=O) groups is 2. The van der Waals surface area contributed by atoms with Gasteiger partial charge in [0.2, 0.25) is 5.91 Å². The molecule has 0 atom stereocenters.